The van der Waals surface area contributed by atoms with Crippen LogP contribution in [-0.2, 0) is 0 Å². The summed E-state index contributed by atoms with van der Waals surface area (Å²) in [7, 11) is 0. The summed E-state index contributed by atoms with van der Waals surface area (Å²) in [4.78, 5) is 10.9. The number of carboxylic acids is 1. The Morgan fingerprint density at radius 2 is 2.05 bits per heavy atom. The maximum absolute atomic E-state index is 13.1. The van der Waals surface area contributed by atoms with Gasteiger partial charge in [-0.2, -0.15) is 0 Å². The van der Waals surface area contributed by atoms with Crippen molar-refractivity contribution in [1.29, 1.82) is 0 Å². The molecular weight excluding hydrogens is 281 g/mol. The van der Waals surface area contributed by atoms with Crippen molar-refractivity contribution in [1.82, 2.24) is 0 Å². The van der Waals surface area contributed by atoms with Crippen molar-refractivity contribution < 1.29 is 14.3 Å². The van der Waals surface area contributed by atoms with E-state index >= 15 is 0 Å². The van der Waals surface area contributed by atoms with Crippen LogP contribution >= 0.6 is 11.6 Å². The van der Waals surface area contributed by atoms with Crippen molar-refractivity contribution in [2.24, 2.45) is 0 Å². The number of rotatable bonds is 4. The quantitative estimate of drug-likeness (QED) is 0.881. The SMILES string of the molecule is CC(Nc1cccc(C(=O)O)c1)c1ccc(F)c(Cl)c1. The molecule has 0 saturated carbocycles. The van der Waals surface area contributed by atoms with E-state index in [0.717, 1.165) is 5.56 Å². The molecule has 0 aliphatic heterocycles. The van der Waals surface area contributed by atoms with E-state index in [2.05, 4.69) is 5.32 Å². The second kappa shape index (κ2) is 5.92. The molecule has 2 N–H and O–H groups in total. The van der Waals surface area contributed by atoms with Crippen LogP contribution in [0, 0.1) is 5.82 Å². The monoisotopic (exact) mass is 293 g/mol. The highest BCUT2D eigenvalue weighted by atomic mass is 35.5. The van der Waals surface area contributed by atoms with Gasteiger partial charge in [0.2, 0.25) is 0 Å². The molecule has 1 atom stereocenters. The van der Waals surface area contributed by atoms with E-state index in [1.165, 1.54) is 12.1 Å². The predicted molar refractivity (Wildman–Crippen MR) is 76.8 cm³/mol. The Labute approximate surface area is 121 Å². The Hall–Kier alpha value is -2.07. The molecule has 0 aromatic heterocycles. The smallest absolute Gasteiger partial charge is 0.335 e. The van der Waals surface area contributed by atoms with Gasteiger partial charge >= 0.3 is 5.97 Å². The Morgan fingerprint density at radius 1 is 1.30 bits per heavy atom. The first-order valence-corrected chi connectivity index (χ1v) is 6.40. The van der Waals surface area contributed by atoms with Gasteiger partial charge < -0.3 is 10.4 Å². The lowest BCUT2D eigenvalue weighted by atomic mass is 10.1. The third-order valence-corrected chi connectivity index (χ3v) is 3.23. The topological polar surface area (TPSA) is 49.3 Å². The highest BCUT2D eigenvalue weighted by molar-refractivity contribution is 6.30. The van der Waals surface area contributed by atoms with Crippen LogP contribution in [0.2, 0.25) is 5.02 Å². The minimum absolute atomic E-state index is 0.0652. The molecule has 0 radical (unpaired) electrons. The van der Waals surface area contributed by atoms with E-state index in [1.807, 2.05) is 6.92 Å². The summed E-state index contributed by atoms with van der Waals surface area (Å²) in [6, 6.07) is 10.9. The van der Waals surface area contributed by atoms with Crippen molar-refractivity contribution in [3.63, 3.8) is 0 Å². The van der Waals surface area contributed by atoms with E-state index in [4.69, 9.17) is 16.7 Å². The summed E-state index contributed by atoms with van der Waals surface area (Å²) in [5.41, 5.74) is 1.70. The summed E-state index contributed by atoms with van der Waals surface area (Å²) in [6.45, 7) is 1.89. The maximum atomic E-state index is 13.1. The van der Waals surface area contributed by atoms with E-state index in [-0.39, 0.29) is 16.6 Å². The zero-order chi connectivity index (χ0) is 14.7. The average molecular weight is 294 g/mol. The largest absolute Gasteiger partial charge is 0.478 e. The highest BCUT2D eigenvalue weighted by Crippen LogP contribution is 2.24. The summed E-state index contributed by atoms with van der Waals surface area (Å²) in [5.74, 6) is -1.44. The molecule has 0 spiro atoms. The summed E-state index contributed by atoms with van der Waals surface area (Å²) >= 11 is 5.75. The second-order valence-electron chi connectivity index (χ2n) is 4.43. The molecule has 0 aliphatic rings. The van der Waals surface area contributed by atoms with Gasteiger partial charge in [-0.3, -0.25) is 0 Å². The van der Waals surface area contributed by atoms with Gasteiger partial charge in [0.25, 0.3) is 0 Å². The number of anilines is 1. The first kappa shape index (κ1) is 14.3. The number of nitrogens with one attached hydrogen (secondary N) is 1. The Balaban J connectivity index is 2.18. The molecule has 5 heteroatoms. The molecular formula is C15H13ClFNO2. The van der Waals surface area contributed by atoms with Crippen LogP contribution in [0.5, 0.6) is 0 Å². The molecule has 0 saturated heterocycles. The van der Waals surface area contributed by atoms with Crippen molar-refractivity contribution in [2.45, 2.75) is 13.0 Å². The lowest BCUT2D eigenvalue weighted by molar-refractivity contribution is 0.0697. The molecule has 3 nitrogen and oxygen atoms in total. The van der Waals surface area contributed by atoms with Crippen LogP contribution in [0.4, 0.5) is 10.1 Å². The number of halogens is 2. The first-order valence-electron chi connectivity index (χ1n) is 6.02. The Bertz CT molecular complexity index is 646. The van der Waals surface area contributed by atoms with Gasteiger partial charge in [0, 0.05) is 11.7 Å². The van der Waals surface area contributed by atoms with Gasteiger partial charge in [0.05, 0.1) is 10.6 Å². The Kier molecular flexibility index (Phi) is 4.25. The van der Waals surface area contributed by atoms with Crippen LogP contribution in [0.25, 0.3) is 0 Å². The minimum Gasteiger partial charge on any atom is -0.478 e. The van der Waals surface area contributed by atoms with Crippen LogP contribution in [0.3, 0.4) is 0 Å². The third kappa shape index (κ3) is 3.27. The molecule has 2 aromatic carbocycles. The number of aromatic carboxylic acids is 1. The Morgan fingerprint density at radius 3 is 2.70 bits per heavy atom. The summed E-state index contributed by atoms with van der Waals surface area (Å²) in [5, 5.41) is 12.2. The van der Waals surface area contributed by atoms with Gasteiger partial charge in [0.15, 0.2) is 0 Å². The van der Waals surface area contributed by atoms with E-state index in [0.29, 0.717) is 5.69 Å². The molecule has 0 bridgehead atoms. The van der Waals surface area contributed by atoms with E-state index < -0.39 is 11.8 Å². The molecule has 2 aromatic rings. The normalized spacial score (nSPS) is 11.9. The maximum Gasteiger partial charge on any atom is 0.335 e. The lowest BCUT2D eigenvalue weighted by Crippen LogP contribution is -2.07. The summed E-state index contributed by atoms with van der Waals surface area (Å²) < 4.78 is 13.1. The fraction of sp³-hybridized carbons (Fsp3) is 0.133. The van der Waals surface area contributed by atoms with Crippen molar-refractivity contribution >= 4 is 23.3 Å². The van der Waals surface area contributed by atoms with Crippen molar-refractivity contribution in [3.05, 3.63) is 64.4 Å². The van der Waals surface area contributed by atoms with Crippen molar-refractivity contribution in [2.75, 3.05) is 5.32 Å². The fourth-order valence-corrected chi connectivity index (χ4v) is 2.05. The molecule has 2 rings (SSSR count). The molecule has 0 fully saturated rings. The molecule has 0 heterocycles. The van der Waals surface area contributed by atoms with Gasteiger partial charge in [-0.25, -0.2) is 9.18 Å². The summed E-state index contributed by atoms with van der Waals surface area (Å²) in [6.07, 6.45) is 0. The number of carboxylic acid groups (broad SMARTS) is 1. The van der Waals surface area contributed by atoms with Crippen LogP contribution in [0.1, 0.15) is 28.9 Å². The zero-order valence-corrected chi connectivity index (χ0v) is 11.5. The van der Waals surface area contributed by atoms with Crippen molar-refractivity contribution in [3.8, 4) is 0 Å². The number of benzene rings is 2. The molecule has 20 heavy (non-hydrogen) atoms. The van der Waals surface area contributed by atoms with E-state index in [1.54, 1.807) is 30.3 Å². The standard InChI is InChI=1S/C15H13ClFNO2/c1-9(10-5-6-14(17)13(16)8-10)18-12-4-2-3-11(7-12)15(19)20/h2-9,18H,1H3,(H,19,20). The van der Waals surface area contributed by atoms with Gasteiger partial charge in [-0.15, -0.1) is 0 Å². The van der Waals surface area contributed by atoms with Crippen LogP contribution in [-0.4, -0.2) is 11.1 Å². The highest BCUT2D eigenvalue weighted by Gasteiger charge is 2.09. The number of carbonyl (C=O) groups is 1. The zero-order valence-electron chi connectivity index (χ0n) is 10.7. The molecule has 104 valence electrons. The second-order valence-corrected chi connectivity index (χ2v) is 4.83. The molecule has 0 aliphatic carbocycles. The lowest BCUT2D eigenvalue weighted by Gasteiger charge is -2.16. The fourth-order valence-electron chi connectivity index (χ4n) is 1.86. The number of hydrogen-bond donors (Lipinski definition) is 2. The van der Waals surface area contributed by atoms with E-state index in [9.17, 15) is 9.18 Å². The first-order chi connectivity index (χ1) is 9.47. The van der Waals surface area contributed by atoms with Crippen LogP contribution in [0.15, 0.2) is 42.5 Å². The van der Waals surface area contributed by atoms with Gasteiger partial charge in [-0.1, -0.05) is 23.7 Å². The molecule has 1 unspecified atom stereocenters. The third-order valence-electron chi connectivity index (χ3n) is 2.94. The number of hydrogen-bond acceptors (Lipinski definition) is 2. The average Bonchev–Trinajstić information content (AvgIpc) is 2.42. The predicted octanol–water partition coefficient (Wildman–Crippen LogP) is 4.35. The van der Waals surface area contributed by atoms with Gasteiger partial charge in [-0.05, 0) is 42.8 Å². The minimum atomic E-state index is -0.980. The van der Waals surface area contributed by atoms with Gasteiger partial charge in [0.1, 0.15) is 5.82 Å². The van der Waals surface area contributed by atoms with Crippen LogP contribution < -0.4 is 5.32 Å². The molecule has 0 amide bonds.